The molecular formula is C20H32N4O3. The van der Waals surface area contributed by atoms with Crippen molar-refractivity contribution in [2.24, 2.45) is 0 Å². The number of para-hydroxylation sites is 1. The van der Waals surface area contributed by atoms with Gasteiger partial charge in [-0.3, -0.25) is 9.69 Å². The highest BCUT2D eigenvalue weighted by Gasteiger charge is 2.34. The van der Waals surface area contributed by atoms with Crippen molar-refractivity contribution < 1.29 is 14.7 Å². The fraction of sp³-hybridized carbons (Fsp3) is 0.600. The maximum Gasteiger partial charge on any atom is 0.317 e. The number of amides is 2. The van der Waals surface area contributed by atoms with Crippen molar-refractivity contribution in [2.45, 2.75) is 45.7 Å². The maximum atomic E-state index is 12.1. The number of carboxylic acids is 1. The highest BCUT2D eigenvalue weighted by molar-refractivity contribution is 5.74. The van der Waals surface area contributed by atoms with E-state index < -0.39 is 5.97 Å². The Labute approximate surface area is 161 Å². The van der Waals surface area contributed by atoms with Crippen LogP contribution in [0.4, 0.5) is 10.5 Å². The molecule has 0 heterocycles. The molecule has 3 N–H and O–H groups in total. The first-order valence-electron chi connectivity index (χ1n) is 9.75. The van der Waals surface area contributed by atoms with Gasteiger partial charge in [-0.2, -0.15) is 0 Å². The van der Waals surface area contributed by atoms with Crippen molar-refractivity contribution in [3.63, 3.8) is 0 Å². The summed E-state index contributed by atoms with van der Waals surface area (Å²) in [7, 11) is 0. The Morgan fingerprint density at radius 3 is 2.48 bits per heavy atom. The molecule has 7 nitrogen and oxygen atoms in total. The minimum atomic E-state index is -0.805. The molecule has 2 rings (SSSR count). The summed E-state index contributed by atoms with van der Waals surface area (Å²) in [4.78, 5) is 27.2. The molecule has 1 saturated carbocycles. The number of carbonyl (C=O) groups is 2. The van der Waals surface area contributed by atoms with Crippen LogP contribution in [0, 0.1) is 6.92 Å². The predicted octanol–water partition coefficient (Wildman–Crippen LogP) is 2.06. The summed E-state index contributed by atoms with van der Waals surface area (Å²) in [6, 6.07) is 8.46. The first kappa shape index (κ1) is 21.0. The Morgan fingerprint density at radius 2 is 1.89 bits per heavy atom. The molecule has 0 bridgehead atoms. The van der Waals surface area contributed by atoms with E-state index in [2.05, 4.69) is 41.5 Å². The summed E-state index contributed by atoms with van der Waals surface area (Å²) in [6.07, 6.45) is 1.61. The first-order valence-corrected chi connectivity index (χ1v) is 9.75. The van der Waals surface area contributed by atoms with Gasteiger partial charge in [-0.25, -0.2) is 4.79 Å². The van der Waals surface area contributed by atoms with Crippen LogP contribution in [-0.4, -0.2) is 66.8 Å². The van der Waals surface area contributed by atoms with E-state index in [1.54, 1.807) is 0 Å². The minimum absolute atomic E-state index is 0.0613. The van der Waals surface area contributed by atoms with Crippen molar-refractivity contribution in [3.8, 4) is 0 Å². The second-order valence-electron chi connectivity index (χ2n) is 7.05. The predicted molar refractivity (Wildman–Crippen MR) is 107 cm³/mol. The van der Waals surface area contributed by atoms with Gasteiger partial charge < -0.3 is 20.6 Å². The van der Waals surface area contributed by atoms with Crippen LogP contribution >= 0.6 is 0 Å². The Kier molecular flexibility index (Phi) is 7.91. The van der Waals surface area contributed by atoms with Gasteiger partial charge in [0, 0.05) is 37.4 Å². The van der Waals surface area contributed by atoms with E-state index in [0.717, 1.165) is 25.9 Å². The molecule has 1 aliphatic rings. The Balaban J connectivity index is 1.68. The van der Waals surface area contributed by atoms with Crippen LogP contribution in [0.25, 0.3) is 0 Å². The summed E-state index contributed by atoms with van der Waals surface area (Å²) in [5.41, 5.74) is 2.42. The molecule has 1 aromatic rings. The maximum absolute atomic E-state index is 12.1. The fourth-order valence-electron chi connectivity index (χ4n) is 3.58. The van der Waals surface area contributed by atoms with E-state index in [0.29, 0.717) is 13.1 Å². The summed E-state index contributed by atoms with van der Waals surface area (Å²) in [6.45, 7) is 9.15. The normalized spacial score (nSPS) is 18.7. The van der Waals surface area contributed by atoms with Crippen molar-refractivity contribution in [2.75, 3.05) is 37.6 Å². The molecule has 1 fully saturated rings. The van der Waals surface area contributed by atoms with E-state index in [9.17, 15) is 9.59 Å². The zero-order chi connectivity index (χ0) is 19.8. The quantitative estimate of drug-likeness (QED) is 0.582. The lowest BCUT2D eigenvalue weighted by Gasteiger charge is -2.42. The Morgan fingerprint density at radius 1 is 1.19 bits per heavy atom. The van der Waals surface area contributed by atoms with Crippen molar-refractivity contribution in [3.05, 3.63) is 29.8 Å². The van der Waals surface area contributed by atoms with Gasteiger partial charge in [0.25, 0.3) is 0 Å². The molecule has 0 spiro atoms. The summed E-state index contributed by atoms with van der Waals surface area (Å²) < 4.78 is 0. The van der Waals surface area contributed by atoms with Crippen molar-refractivity contribution in [1.29, 1.82) is 0 Å². The molecule has 0 saturated heterocycles. The lowest BCUT2D eigenvalue weighted by Crippen LogP contribution is -2.56. The molecule has 2 amide bonds. The van der Waals surface area contributed by atoms with E-state index in [1.165, 1.54) is 11.3 Å². The number of aryl methyl sites for hydroxylation is 1. The van der Waals surface area contributed by atoms with Crippen LogP contribution in [0.1, 0.15) is 32.3 Å². The number of aliphatic carboxylic acids is 1. The number of rotatable bonds is 10. The summed E-state index contributed by atoms with van der Waals surface area (Å²) >= 11 is 0. The van der Waals surface area contributed by atoms with Crippen LogP contribution < -0.4 is 15.5 Å². The monoisotopic (exact) mass is 376 g/mol. The van der Waals surface area contributed by atoms with Crippen molar-refractivity contribution >= 4 is 17.7 Å². The molecule has 27 heavy (non-hydrogen) atoms. The van der Waals surface area contributed by atoms with Gasteiger partial charge in [-0.15, -0.1) is 0 Å². The first-order chi connectivity index (χ1) is 12.9. The van der Waals surface area contributed by atoms with E-state index >= 15 is 0 Å². The smallest absolute Gasteiger partial charge is 0.317 e. The number of hydrogen-bond donors (Lipinski definition) is 3. The molecule has 1 aromatic carbocycles. The summed E-state index contributed by atoms with van der Waals surface area (Å²) in [5.74, 6) is -0.805. The molecule has 0 atom stereocenters. The number of hydrogen-bond acceptors (Lipinski definition) is 4. The number of nitrogens with one attached hydrogen (secondary N) is 2. The number of carboxylic acid groups (broad SMARTS) is 1. The molecule has 0 aromatic heterocycles. The third-order valence-corrected chi connectivity index (χ3v) is 5.21. The Bertz CT molecular complexity index is 631. The number of nitrogens with zero attached hydrogens (tertiary/aromatic N) is 2. The van der Waals surface area contributed by atoms with Gasteiger partial charge in [0.2, 0.25) is 0 Å². The lowest BCUT2D eigenvalue weighted by atomic mass is 9.85. The van der Waals surface area contributed by atoms with E-state index in [1.807, 2.05) is 24.0 Å². The van der Waals surface area contributed by atoms with Crippen molar-refractivity contribution in [1.82, 2.24) is 15.5 Å². The Hall–Kier alpha value is -2.28. The molecular weight excluding hydrogens is 344 g/mol. The van der Waals surface area contributed by atoms with Gasteiger partial charge in [-0.05, 0) is 44.9 Å². The highest BCUT2D eigenvalue weighted by Crippen LogP contribution is 2.25. The van der Waals surface area contributed by atoms with Crippen LogP contribution in [0.15, 0.2) is 24.3 Å². The number of urea groups is 1. The molecule has 7 heteroatoms. The second-order valence-corrected chi connectivity index (χ2v) is 7.05. The van der Waals surface area contributed by atoms with E-state index in [4.69, 9.17) is 5.11 Å². The van der Waals surface area contributed by atoms with Crippen LogP contribution in [-0.2, 0) is 4.79 Å². The zero-order valence-corrected chi connectivity index (χ0v) is 16.6. The molecule has 0 aliphatic heterocycles. The zero-order valence-electron chi connectivity index (χ0n) is 16.6. The minimum Gasteiger partial charge on any atom is -0.480 e. The lowest BCUT2D eigenvalue weighted by molar-refractivity contribution is -0.139. The number of likely N-dealkylation sites (N-methyl/N-ethyl adjacent to an activating group) is 2. The largest absolute Gasteiger partial charge is 0.480 e. The molecule has 150 valence electrons. The average Bonchev–Trinajstić information content (AvgIpc) is 2.60. The molecule has 0 radical (unpaired) electrons. The fourth-order valence-corrected chi connectivity index (χ4v) is 3.58. The van der Waals surface area contributed by atoms with Gasteiger partial charge in [0.05, 0.1) is 6.54 Å². The number of benzene rings is 1. The van der Waals surface area contributed by atoms with Crippen LogP contribution in [0.5, 0.6) is 0 Å². The average molecular weight is 377 g/mol. The van der Waals surface area contributed by atoms with Gasteiger partial charge in [0.1, 0.15) is 0 Å². The standard InChI is InChI=1S/C20H32N4O3/c1-4-23(18-9-7-6-8-15(18)3)11-10-21-20(27)22-16-12-17(13-16)24(5-2)14-19(25)26/h6-9,16-17H,4-5,10-14H2,1-3H3,(H,25,26)(H2,21,22,27). The van der Waals surface area contributed by atoms with Gasteiger partial charge >= 0.3 is 12.0 Å². The van der Waals surface area contributed by atoms with Gasteiger partial charge in [-0.1, -0.05) is 25.1 Å². The molecule has 0 unspecified atom stereocenters. The molecule has 1 aliphatic carbocycles. The van der Waals surface area contributed by atoms with Crippen LogP contribution in [0.3, 0.4) is 0 Å². The third-order valence-electron chi connectivity index (χ3n) is 5.21. The summed E-state index contributed by atoms with van der Waals surface area (Å²) in [5, 5.41) is 14.8. The SMILES string of the molecule is CCN(CCNC(=O)NC1CC(N(CC)CC(=O)O)C1)c1ccccc1C. The van der Waals surface area contributed by atoms with E-state index in [-0.39, 0.29) is 24.7 Å². The number of carbonyl (C=O) groups excluding carboxylic acids is 1. The number of anilines is 1. The third kappa shape index (κ3) is 6.13. The highest BCUT2D eigenvalue weighted by atomic mass is 16.4. The van der Waals surface area contributed by atoms with Crippen LogP contribution in [0.2, 0.25) is 0 Å². The van der Waals surface area contributed by atoms with Gasteiger partial charge in [0.15, 0.2) is 0 Å². The second kappa shape index (κ2) is 10.2. The topological polar surface area (TPSA) is 84.9 Å².